The molecule has 0 aliphatic carbocycles. The van der Waals surface area contributed by atoms with Crippen LogP contribution in [0, 0.1) is 0 Å². The molecule has 0 radical (unpaired) electrons. The number of hydrogen-bond acceptors (Lipinski definition) is 2. The zero-order valence-electron chi connectivity index (χ0n) is 17.1. The number of halogens is 1. The second kappa shape index (κ2) is 7.63. The third kappa shape index (κ3) is 3.15. The summed E-state index contributed by atoms with van der Waals surface area (Å²) in [5, 5.41) is 2.93. The Morgan fingerprint density at radius 3 is 1.81 bits per heavy atom. The minimum absolute atomic E-state index is 0.431. The molecule has 4 aromatic carbocycles. The highest BCUT2D eigenvalue weighted by atomic mass is 35.5. The smallest absolute Gasteiger partial charge is 0.161 e. The van der Waals surface area contributed by atoms with Gasteiger partial charge >= 0.3 is 0 Å². The van der Waals surface area contributed by atoms with Crippen molar-refractivity contribution in [3.8, 4) is 28.3 Å². The molecular formula is C28H18ClN3. The lowest BCUT2D eigenvalue weighted by molar-refractivity contribution is 1.16. The molecule has 3 nitrogen and oxygen atoms in total. The van der Waals surface area contributed by atoms with Gasteiger partial charge in [-0.05, 0) is 36.4 Å². The second-order valence-corrected chi connectivity index (χ2v) is 8.07. The zero-order valence-corrected chi connectivity index (χ0v) is 17.9. The van der Waals surface area contributed by atoms with Gasteiger partial charge in [0.1, 0.15) is 5.15 Å². The third-order valence-electron chi connectivity index (χ3n) is 5.73. The summed E-state index contributed by atoms with van der Waals surface area (Å²) < 4.78 is 2.29. The van der Waals surface area contributed by atoms with Crippen LogP contribution in [0.25, 0.3) is 50.1 Å². The van der Waals surface area contributed by atoms with Crippen molar-refractivity contribution in [2.45, 2.75) is 0 Å². The topological polar surface area (TPSA) is 30.7 Å². The Morgan fingerprint density at radius 1 is 0.562 bits per heavy atom. The van der Waals surface area contributed by atoms with Gasteiger partial charge in [-0.2, -0.15) is 0 Å². The van der Waals surface area contributed by atoms with Crippen LogP contribution >= 0.6 is 11.6 Å². The molecule has 0 fully saturated rings. The summed E-state index contributed by atoms with van der Waals surface area (Å²) in [5.74, 6) is 0.616. The Bertz CT molecular complexity index is 1510. The van der Waals surface area contributed by atoms with Crippen molar-refractivity contribution >= 4 is 33.4 Å². The molecule has 2 aromatic heterocycles. The van der Waals surface area contributed by atoms with Crippen LogP contribution in [0.15, 0.2) is 109 Å². The first-order valence-electron chi connectivity index (χ1n) is 10.5. The van der Waals surface area contributed by atoms with Gasteiger partial charge in [0.25, 0.3) is 0 Å². The minimum atomic E-state index is 0.431. The number of aromatic nitrogens is 3. The molecule has 0 aliphatic heterocycles. The molecule has 152 valence electrons. The molecule has 0 bridgehead atoms. The maximum atomic E-state index is 6.34. The van der Waals surface area contributed by atoms with Crippen LogP contribution in [-0.2, 0) is 0 Å². The Hall–Kier alpha value is -3.95. The van der Waals surface area contributed by atoms with Gasteiger partial charge in [-0.3, -0.25) is 0 Å². The van der Waals surface area contributed by atoms with Crippen LogP contribution in [-0.4, -0.2) is 14.5 Å². The lowest BCUT2D eigenvalue weighted by atomic mass is 10.1. The Kier molecular flexibility index (Phi) is 4.48. The van der Waals surface area contributed by atoms with E-state index in [1.54, 1.807) is 6.07 Å². The maximum absolute atomic E-state index is 6.34. The lowest BCUT2D eigenvalue weighted by Crippen LogP contribution is -1.96. The monoisotopic (exact) mass is 431 g/mol. The fourth-order valence-electron chi connectivity index (χ4n) is 4.26. The second-order valence-electron chi connectivity index (χ2n) is 7.68. The van der Waals surface area contributed by atoms with Gasteiger partial charge in [-0.15, -0.1) is 0 Å². The predicted molar refractivity (Wildman–Crippen MR) is 132 cm³/mol. The molecule has 0 unspecified atom stereocenters. The first kappa shape index (κ1) is 18.8. The summed E-state index contributed by atoms with van der Waals surface area (Å²) in [7, 11) is 0. The molecule has 6 rings (SSSR count). The molecule has 0 spiro atoms. The molecule has 0 atom stereocenters. The fraction of sp³-hybridized carbons (Fsp3) is 0. The molecule has 0 amide bonds. The summed E-state index contributed by atoms with van der Waals surface area (Å²) in [6, 6.07) is 37.2. The van der Waals surface area contributed by atoms with Crippen molar-refractivity contribution in [2.24, 2.45) is 0 Å². The maximum Gasteiger partial charge on any atom is 0.161 e. The van der Waals surface area contributed by atoms with Crippen LogP contribution in [0.4, 0.5) is 0 Å². The zero-order chi connectivity index (χ0) is 21.5. The highest BCUT2D eigenvalue weighted by Gasteiger charge is 2.12. The number of benzene rings is 4. The van der Waals surface area contributed by atoms with Crippen LogP contribution in [0.1, 0.15) is 0 Å². The molecule has 0 saturated carbocycles. The molecular weight excluding hydrogens is 414 g/mol. The van der Waals surface area contributed by atoms with E-state index in [2.05, 4.69) is 82.3 Å². The van der Waals surface area contributed by atoms with Gasteiger partial charge in [0.05, 0.1) is 16.7 Å². The molecule has 6 aromatic rings. The van der Waals surface area contributed by atoms with Crippen molar-refractivity contribution in [2.75, 3.05) is 0 Å². The van der Waals surface area contributed by atoms with Gasteiger partial charge in [-0.25, -0.2) is 9.97 Å². The lowest BCUT2D eigenvalue weighted by Gasteiger charge is -2.10. The molecule has 4 heteroatoms. The summed E-state index contributed by atoms with van der Waals surface area (Å²) >= 11 is 6.34. The van der Waals surface area contributed by atoms with Crippen LogP contribution in [0.5, 0.6) is 0 Å². The summed E-state index contributed by atoms with van der Waals surface area (Å²) in [4.78, 5) is 9.23. The third-order valence-corrected chi connectivity index (χ3v) is 5.92. The van der Waals surface area contributed by atoms with E-state index in [1.807, 2.05) is 30.3 Å². The summed E-state index contributed by atoms with van der Waals surface area (Å²) in [5.41, 5.74) is 6.22. The van der Waals surface area contributed by atoms with Crippen molar-refractivity contribution in [3.63, 3.8) is 0 Å². The molecule has 0 aliphatic rings. The van der Waals surface area contributed by atoms with Gasteiger partial charge in [0.2, 0.25) is 0 Å². The highest BCUT2D eigenvalue weighted by molar-refractivity contribution is 6.29. The van der Waals surface area contributed by atoms with Gasteiger partial charge in [-0.1, -0.05) is 78.3 Å². The summed E-state index contributed by atoms with van der Waals surface area (Å²) in [6.07, 6.45) is 0. The van der Waals surface area contributed by atoms with E-state index >= 15 is 0 Å². The van der Waals surface area contributed by atoms with Crippen molar-refractivity contribution in [1.82, 2.24) is 14.5 Å². The van der Waals surface area contributed by atoms with Crippen molar-refractivity contribution in [3.05, 3.63) is 114 Å². The van der Waals surface area contributed by atoms with Gasteiger partial charge < -0.3 is 4.57 Å². The standard InChI is InChI=1S/C28H18ClN3/c29-27-18-24(19-8-2-1-3-9-19)30-28(31-27)20-14-16-21(17-15-20)32-25-12-6-4-10-22(25)23-11-5-7-13-26(23)32/h1-18H. The molecule has 0 saturated heterocycles. The predicted octanol–water partition coefficient (Wildman–Crippen LogP) is 7.56. The quantitative estimate of drug-likeness (QED) is 0.270. The number of fused-ring (bicyclic) bond motifs is 3. The van der Waals surface area contributed by atoms with E-state index in [9.17, 15) is 0 Å². The normalized spacial score (nSPS) is 11.3. The Morgan fingerprint density at radius 2 is 1.16 bits per heavy atom. The average Bonchev–Trinajstić information content (AvgIpc) is 3.19. The minimum Gasteiger partial charge on any atom is -0.309 e. The molecule has 2 heterocycles. The van der Waals surface area contributed by atoms with Crippen LogP contribution < -0.4 is 0 Å². The molecule has 0 N–H and O–H groups in total. The first-order chi connectivity index (χ1) is 15.8. The number of nitrogens with zero attached hydrogens (tertiary/aromatic N) is 3. The van der Waals surface area contributed by atoms with Crippen LogP contribution in [0.3, 0.4) is 0 Å². The Labute approximate surface area is 190 Å². The fourth-order valence-corrected chi connectivity index (χ4v) is 4.45. The van der Waals surface area contributed by atoms with E-state index in [-0.39, 0.29) is 0 Å². The largest absolute Gasteiger partial charge is 0.309 e. The van der Waals surface area contributed by atoms with E-state index in [4.69, 9.17) is 16.6 Å². The van der Waals surface area contributed by atoms with E-state index in [1.165, 1.54) is 21.8 Å². The number of rotatable bonds is 3. The van der Waals surface area contributed by atoms with Crippen LogP contribution in [0.2, 0.25) is 5.15 Å². The first-order valence-corrected chi connectivity index (χ1v) is 10.8. The SMILES string of the molecule is Clc1cc(-c2ccccc2)nc(-c2ccc(-n3c4ccccc4c4ccccc43)cc2)n1. The molecule has 32 heavy (non-hydrogen) atoms. The van der Waals surface area contributed by atoms with Gasteiger partial charge in [0, 0.05) is 33.7 Å². The van der Waals surface area contributed by atoms with E-state index in [0.29, 0.717) is 11.0 Å². The van der Waals surface area contributed by atoms with Crippen molar-refractivity contribution in [1.29, 1.82) is 0 Å². The van der Waals surface area contributed by atoms with E-state index < -0.39 is 0 Å². The average molecular weight is 432 g/mol. The number of hydrogen-bond donors (Lipinski definition) is 0. The Balaban J connectivity index is 1.46. The van der Waals surface area contributed by atoms with E-state index in [0.717, 1.165) is 22.5 Å². The number of para-hydroxylation sites is 2. The summed E-state index contributed by atoms with van der Waals surface area (Å²) in [6.45, 7) is 0. The van der Waals surface area contributed by atoms with Gasteiger partial charge in [0.15, 0.2) is 5.82 Å². The highest BCUT2D eigenvalue weighted by Crippen LogP contribution is 2.32. The van der Waals surface area contributed by atoms with Crippen molar-refractivity contribution < 1.29 is 0 Å².